The average Bonchev–Trinajstić information content (AvgIpc) is 3.53. The van der Waals surface area contributed by atoms with Crippen LogP contribution < -0.4 is 21.2 Å². The van der Waals surface area contributed by atoms with Crippen LogP contribution in [0.15, 0.2) is 6.33 Å². The predicted octanol–water partition coefficient (Wildman–Crippen LogP) is 2.65. The fourth-order valence-electron chi connectivity index (χ4n) is 3.51. The zero-order valence-corrected chi connectivity index (χ0v) is 23.7. The number of anilines is 2. The number of esters is 2. The molecule has 0 spiro atoms. The molecule has 1 aliphatic carbocycles. The maximum Gasteiger partial charge on any atom is 0.323 e. The molecule has 220 valence electrons. The van der Waals surface area contributed by atoms with Crippen LogP contribution in [0.4, 0.5) is 11.8 Å². The number of imidazole rings is 1. The Morgan fingerprint density at radius 2 is 1.62 bits per heavy atom. The Bertz CT molecular complexity index is 1130. The molecule has 14 nitrogen and oxygen atoms in total. The lowest BCUT2D eigenvalue weighted by Gasteiger charge is -2.27. The number of nitrogens with zero attached hydrogens (tertiary/aromatic N) is 4. The Kier molecular flexibility index (Phi) is 11.6. The summed E-state index contributed by atoms with van der Waals surface area (Å²) in [6, 6.07) is -1.46. The summed E-state index contributed by atoms with van der Waals surface area (Å²) in [6.45, 7) is 10.4. The summed E-state index contributed by atoms with van der Waals surface area (Å²) in [5, 5.41) is 8.86. The second-order valence-corrected chi connectivity index (χ2v) is 12.2. The van der Waals surface area contributed by atoms with Crippen LogP contribution in [0.2, 0.25) is 0 Å². The molecule has 2 aromatic heterocycles. The van der Waals surface area contributed by atoms with Crippen molar-refractivity contribution in [1.29, 1.82) is 0 Å². The molecule has 2 aromatic rings. The van der Waals surface area contributed by atoms with Gasteiger partial charge in [0.2, 0.25) is 13.4 Å². The van der Waals surface area contributed by atoms with E-state index in [-0.39, 0.29) is 38.5 Å². The lowest BCUT2D eigenvalue weighted by molar-refractivity contribution is -0.149. The maximum atomic E-state index is 13.8. The van der Waals surface area contributed by atoms with E-state index in [1.54, 1.807) is 38.6 Å². The van der Waals surface area contributed by atoms with Gasteiger partial charge >= 0.3 is 11.9 Å². The van der Waals surface area contributed by atoms with Crippen LogP contribution >= 0.6 is 7.44 Å². The lowest BCUT2D eigenvalue weighted by Crippen LogP contribution is -2.43. The molecule has 0 saturated heterocycles. The zero-order valence-electron chi connectivity index (χ0n) is 22.8. The number of ether oxygens (including phenoxy) is 3. The van der Waals surface area contributed by atoms with E-state index in [1.165, 1.54) is 13.8 Å². The molecular weight excluding hydrogens is 527 g/mol. The van der Waals surface area contributed by atoms with Crippen LogP contribution in [0.3, 0.4) is 0 Å². The normalized spacial score (nSPS) is 16.4. The minimum atomic E-state index is -3.61. The highest BCUT2D eigenvalue weighted by atomic mass is 31.2. The standard InChI is InChI=1S/C23H39N8O6P.CH4/c1-13(2)36-21(32)15(5)29-38(34,30-16(6)22(33)37-14(3)4)12-35-10-9-31-11-25-18-19(26-17-7-8-17)27-23(24)28-20(18)31;/h11,13-17H,7-10,12H2,1-6H3,(H2,29,30,34)(H3,24,26,27,28);1H4. The van der Waals surface area contributed by atoms with E-state index in [2.05, 4.69) is 30.4 Å². The summed E-state index contributed by atoms with van der Waals surface area (Å²) < 4.78 is 31.7. The second kappa shape index (κ2) is 14.0. The van der Waals surface area contributed by atoms with Crippen molar-refractivity contribution in [2.24, 2.45) is 0 Å². The van der Waals surface area contributed by atoms with E-state index in [0.29, 0.717) is 29.6 Å². The Morgan fingerprint density at radius 1 is 1.05 bits per heavy atom. The van der Waals surface area contributed by atoms with Gasteiger partial charge in [-0.15, -0.1) is 0 Å². The zero-order chi connectivity index (χ0) is 28.0. The van der Waals surface area contributed by atoms with Gasteiger partial charge < -0.3 is 29.8 Å². The minimum Gasteiger partial charge on any atom is -0.462 e. The number of nitrogen functional groups attached to an aromatic ring is 1. The number of fused-ring (bicyclic) bond motifs is 1. The van der Waals surface area contributed by atoms with Crippen LogP contribution in [0.1, 0.15) is 61.8 Å². The predicted molar refractivity (Wildman–Crippen MR) is 149 cm³/mol. The van der Waals surface area contributed by atoms with Gasteiger partial charge in [-0.2, -0.15) is 9.97 Å². The lowest BCUT2D eigenvalue weighted by atomic mass is 10.4. The number of aromatic nitrogens is 4. The Balaban J connectivity index is 0.00000533. The van der Waals surface area contributed by atoms with E-state index >= 15 is 0 Å². The van der Waals surface area contributed by atoms with E-state index in [9.17, 15) is 14.2 Å². The molecule has 0 radical (unpaired) electrons. The van der Waals surface area contributed by atoms with Crippen LogP contribution in [0, 0.1) is 0 Å². The molecule has 2 unspecified atom stereocenters. The van der Waals surface area contributed by atoms with Crippen molar-refractivity contribution < 1.29 is 28.4 Å². The van der Waals surface area contributed by atoms with Gasteiger partial charge in [0.25, 0.3) is 0 Å². The van der Waals surface area contributed by atoms with Crippen molar-refractivity contribution >= 4 is 42.3 Å². The van der Waals surface area contributed by atoms with E-state index in [1.807, 2.05) is 0 Å². The third kappa shape index (κ3) is 9.71. The van der Waals surface area contributed by atoms with E-state index < -0.39 is 31.5 Å². The highest BCUT2D eigenvalue weighted by molar-refractivity contribution is 7.59. The maximum absolute atomic E-state index is 13.8. The van der Waals surface area contributed by atoms with Gasteiger partial charge in [0.05, 0.1) is 25.1 Å². The Hall–Kier alpha value is -2.80. The first-order valence-corrected chi connectivity index (χ1v) is 14.6. The number of carbonyl (C=O) groups excluding carboxylic acids is 2. The monoisotopic (exact) mass is 570 g/mol. The fourth-order valence-corrected chi connectivity index (χ4v) is 5.59. The highest BCUT2D eigenvalue weighted by Crippen LogP contribution is 2.38. The smallest absolute Gasteiger partial charge is 0.323 e. The number of hydrogen-bond acceptors (Lipinski definition) is 11. The van der Waals surface area contributed by atoms with E-state index in [4.69, 9.17) is 19.9 Å². The SMILES string of the molecule is C.CC(C)OC(=O)C(C)NP(=O)(COCCn1cnc2c(NC3CC3)nc(N)nc21)NC(C)C(=O)OC(C)C. The number of nitrogens with two attached hydrogens (primary N) is 1. The third-order valence-corrected chi connectivity index (χ3v) is 7.52. The van der Waals surface area contributed by atoms with Crippen LogP contribution in [-0.2, 0) is 34.9 Å². The Labute approximate surface area is 229 Å². The molecule has 0 aromatic carbocycles. The molecule has 2 heterocycles. The first-order valence-electron chi connectivity index (χ1n) is 12.7. The quantitative estimate of drug-likeness (QED) is 0.139. The number of carbonyl (C=O) groups is 2. The molecule has 0 aliphatic heterocycles. The first kappa shape index (κ1) is 32.4. The molecule has 0 amide bonds. The van der Waals surface area contributed by atoms with Crippen molar-refractivity contribution in [3.05, 3.63) is 6.33 Å². The van der Waals surface area contributed by atoms with Crippen molar-refractivity contribution in [2.45, 2.75) is 98.7 Å². The van der Waals surface area contributed by atoms with Gasteiger partial charge in [-0.25, -0.2) is 15.2 Å². The van der Waals surface area contributed by atoms with Crippen LogP contribution in [0.5, 0.6) is 0 Å². The Morgan fingerprint density at radius 3 is 2.13 bits per heavy atom. The van der Waals surface area contributed by atoms with Gasteiger partial charge in [-0.1, -0.05) is 7.43 Å². The average molecular weight is 571 g/mol. The van der Waals surface area contributed by atoms with Gasteiger partial charge in [0, 0.05) is 12.6 Å². The molecule has 0 bridgehead atoms. The molecule has 2 atom stereocenters. The van der Waals surface area contributed by atoms with Crippen LogP contribution in [0.25, 0.3) is 11.2 Å². The number of rotatable bonds is 15. The summed E-state index contributed by atoms with van der Waals surface area (Å²) in [6.07, 6.45) is 2.79. The second-order valence-electron chi connectivity index (χ2n) is 9.91. The van der Waals surface area contributed by atoms with Gasteiger partial charge in [-0.3, -0.25) is 14.2 Å². The van der Waals surface area contributed by atoms with Crippen molar-refractivity contribution in [3.63, 3.8) is 0 Å². The van der Waals surface area contributed by atoms with Gasteiger partial charge in [0.15, 0.2) is 17.0 Å². The largest absolute Gasteiger partial charge is 0.462 e. The fraction of sp³-hybridized carbons (Fsp3) is 0.708. The van der Waals surface area contributed by atoms with Crippen LogP contribution in [-0.4, -0.2) is 74.7 Å². The summed E-state index contributed by atoms with van der Waals surface area (Å²) in [5.74, 6) is -0.419. The molecule has 1 fully saturated rings. The van der Waals surface area contributed by atoms with Gasteiger partial charge in [0.1, 0.15) is 18.4 Å². The summed E-state index contributed by atoms with van der Waals surface area (Å²) in [5.41, 5.74) is 7.06. The molecular formula is C24H43N8O6P. The first-order chi connectivity index (χ1) is 17.9. The molecule has 39 heavy (non-hydrogen) atoms. The summed E-state index contributed by atoms with van der Waals surface area (Å²) in [4.78, 5) is 37.6. The number of hydrogen-bond donors (Lipinski definition) is 4. The third-order valence-electron chi connectivity index (χ3n) is 5.36. The van der Waals surface area contributed by atoms with Crippen molar-refractivity contribution in [1.82, 2.24) is 29.7 Å². The van der Waals surface area contributed by atoms with Crippen molar-refractivity contribution in [3.8, 4) is 0 Å². The van der Waals surface area contributed by atoms with Crippen molar-refractivity contribution in [2.75, 3.05) is 24.0 Å². The van der Waals surface area contributed by atoms with Gasteiger partial charge in [-0.05, 0) is 54.4 Å². The molecule has 1 saturated carbocycles. The molecule has 5 N–H and O–H groups in total. The molecule has 15 heteroatoms. The highest BCUT2D eigenvalue weighted by Gasteiger charge is 2.32. The molecule has 1 aliphatic rings. The topological polar surface area (TPSA) is 185 Å². The molecule has 3 rings (SSSR count). The van der Waals surface area contributed by atoms with E-state index in [0.717, 1.165) is 12.8 Å². The minimum absolute atomic E-state index is 0. The summed E-state index contributed by atoms with van der Waals surface area (Å²) >= 11 is 0. The summed E-state index contributed by atoms with van der Waals surface area (Å²) in [7, 11) is -3.61. The number of nitrogens with one attached hydrogen (secondary N) is 3.